The number of carboxylic acid groups (broad SMARTS) is 1. The molecule has 7 heteroatoms. The van der Waals surface area contributed by atoms with Crippen LogP contribution < -0.4 is 9.46 Å². The van der Waals surface area contributed by atoms with Gasteiger partial charge >= 0.3 is 5.97 Å². The Balaban J connectivity index is 3.07. The third-order valence-electron chi connectivity index (χ3n) is 2.97. The van der Waals surface area contributed by atoms with Crippen molar-refractivity contribution in [3.63, 3.8) is 0 Å². The molecule has 21 heavy (non-hydrogen) atoms. The number of aliphatic carboxylic acids is 1. The smallest absolute Gasteiger partial charge is 0.321 e. The molecule has 1 atom stereocenters. The molecule has 2 N–H and O–H groups in total. The van der Waals surface area contributed by atoms with Gasteiger partial charge in [-0.3, -0.25) is 4.79 Å². The number of carboxylic acids is 1. The molecule has 0 aliphatic carbocycles. The average molecular weight is 315 g/mol. The van der Waals surface area contributed by atoms with E-state index in [9.17, 15) is 13.2 Å². The molecule has 1 aromatic carbocycles. The summed E-state index contributed by atoms with van der Waals surface area (Å²) >= 11 is 0. The van der Waals surface area contributed by atoms with Crippen LogP contribution in [0.5, 0.6) is 5.75 Å². The van der Waals surface area contributed by atoms with E-state index >= 15 is 0 Å². The van der Waals surface area contributed by atoms with Crippen molar-refractivity contribution in [1.29, 1.82) is 0 Å². The van der Waals surface area contributed by atoms with Crippen molar-refractivity contribution >= 4 is 16.0 Å². The fraction of sp³-hybridized carbons (Fsp3) is 0.500. The summed E-state index contributed by atoms with van der Waals surface area (Å²) in [6.07, 6.45) is 0.226. The second kappa shape index (κ2) is 6.91. The summed E-state index contributed by atoms with van der Waals surface area (Å²) in [4.78, 5) is 11.2. The van der Waals surface area contributed by atoms with Crippen molar-refractivity contribution in [2.75, 3.05) is 7.11 Å². The lowest BCUT2D eigenvalue weighted by Crippen LogP contribution is -2.41. The number of hydrogen-bond acceptors (Lipinski definition) is 4. The Kier molecular flexibility index (Phi) is 5.74. The summed E-state index contributed by atoms with van der Waals surface area (Å²) in [6.45, 7) is 5.31. The van der Waals surface area contributed by atoms with E-state index < -0.39 is 22.0 Å². The largest absolute Gasteiger partial charge is 0.497 e. The van der Waals surface area contributed by atoms with Crippen LogP contribution in [0.15, 0.2) is 23.1 Å². The van der Waals surface area contributed by atoms with Gasteiger partial charge in [-0.15, -0.1) is 0 Å². The van der Waals surface area contributed by atoms with E-state index in [0.29, 0.717) is 11.3 Å². The fourth-order valence-corrected chi connectivity index (χ4v) is 3.40. The Morgan fingerprint density at radius 3 is 2.43 bits per heavy atom. The monoisotopic (exact) mass is 315 g/mol. The van der Waals surface area contributed by atoms with E-state index in [4.69, 9.17) is 9.84 Å². The second-order valence-electron chi connectivity index (χ2n) is 5.27. The molecule has 0 aliphatic rings. The minimum atomic E-state index is -3.89. The van der Waals surface area contributed by atoms with Gasteiger partial charge in [0.1, 0.15) is 11.8 Å². The highest BCUT2D eigenvalue weighted by Gasteiger charge is 2.27. The molecular weight excluding hydrogens is 294 g/mol. The number of methoxy groups -OCH3 is 1. The van der Waals surface area contributed by atoms with Crippen LogP contribution in [0, 0.1) is 12.8 Å². The number of rotatable bonds is 7. The number of benzene rings is 1. The average Bonchev–Trinajstić information content (AvgIpc) is 2.36. The van der Waals surface area contributed by atoms with Gasteiger partial charge in [0, 0.05) is 0 Å². The van der Waals surface area contributed by atoms with Crippen molar-refractivity contribution in [3.05, 3.63) is 23.8 Å². The SMILES string of the molecule is COc1ccc(S(=O)(=O)N[C@@H](CC(C)C)C(=O)O)c(C)c1. The zero-order valence-electron chi connectivity index (χ0n) is 12.6. The van der Waals surface area contributed by atoms with Gasteiger partial charge < -0.3 is 9.84 Å². The molecule has 0 amide bonds. The maximum Gasteiger partial charge on any atom is 0.321 e. The molecule has 118 valence electrons. The summed E-state index contributed by atoms with van der Waals surface area (Å²) in [5.41, 5.74) is 0.496. The quantitative estimate of drug-likeness (QED) is 0.800. The van der Waals surface area contributed by atoms with Gasteiger partial charge in [-0.25, -0.2) is 8.42 Å². The molecule has 6 nitrogen and oxygen atoms in total. The molecule has 0 radical (unpaired) electrons. The lowest BCUT2D eigenvalue weighted by atomic mass is 10.1. The summed E-state index contributed by atoms with van der Waals surface area (Å²) in [5.74, 6) is -0.576. The van der Waals surface area contributed by atoms with Crippen molar-refractivity contribution in [2.45, 2.75) is 38.1 Å². The summed E-state index contributed by atoms with van der Waals surface area (Å²) < 4.78 is 31.9. The number of nitrogens with one attached hydrogen (secondary N) is 1. The molecule has 0 unspecified atom stereocenters. The molecule has 0 aromatic heterocycles. The highest BCUT2D eigenvalue weighted by atomic mass is 32.2. The van der Waals surface area contributed by atoms with Crippen molar-refractivity contribution in [2.24, 2.45) is 5.92 Å². The first-order valence-electron chi connectivity index (χ1n) is 6.57. The van der Waals surface area contributed by atoms with E-state index in [0.717, 1.165) is 0 Å². The van der Waals surface area contributed by atoms with Gasteiger partial charge in [-0.1, -0.05) is 13.8 Å². The molecule has 0 saturated carbocycles. The van der Waals surface area contributed by atoms with E-state index in [1.165, 1.54) is 19.2 Å². The highest BCUT2D eigenvalue weighted by molar-refractivity contribution is 7.89. The minimum Gasteiger partial charge on any atom is -0.497 e. The van der Waals surface area contributed by atoms with Crippen LogP contribution in [0.3, 0.4) is 0 Å². The number of sulfonamides is 1. The molecule has 0 fully saturated rings. The minimum absolute atomic E-state index is 0.0540. The van der Waals surface area contributed by atoms with E-state index in [1.54, 1.807) is 13.0 Å². The van der Waals surface area contributed by atoms with Crippen LogP contribution in [0.2, 0.25) is 0 Å². The highest BCUT2D eigenvalue weighted by Crippen LogP contribution is 2.21. The molecule has 1 rings (SSSR count). The normalized spacial score (nSPS) is 13.2. The molecule has 0 heterocycles. The number of carbonyl (C=O) groups is 1. The lowest BCUT2D eigenvalue weighted by Gasteiger charge is -2.17. The molecule has 0 aliphatic heterocycles. The van der Waals surface area contributed by atoms with Gasteiger partial charge in [0.2, 0.25) is 10.0 Å². The molecule has 0 spiro atoms. The van der Waals surface area contributed by atoms with E-state index in [2.05, 4.69) is 4.72 Å². The van der Waals surface area contributed by atoms with Crippen molar-refractivity contribution in [3.8, 4) is 5.75 Å². The topological polar surface area (TPSA) is 92.7 Å². The Bertz CT molecular complexity index is 610. The molecule has 0 saturated heterocycles. The number of ether oxygens (including phenoxy) is 1. The van der Waals surface area contributed by atoms with Crippen LogP contribution in [0.4, 0.5) is 0 Å². The van der Waals surface area contributed by atoms with Crippen LogP contribution in [-0.4, -0.2) is 32.6 Å². The third kappa shape index (κ3) is 4.71. The predicted octanol–water partition coefficient (Wildman–Crippen LogP) is 1.78. The molecular formula is C14H21NO5S. The van der Waals surface area contributed by atoms with E-state index in [1.807, 2.05) is 13.8 Å². The van der Waals surface area contributed by atoms with Gasteiger partial charge in [0.25, 0.3) is 0 Å². The van der Waals surface area contributed by atoms with Crippen molar-refractivity contribution in [1.82, 2.24) is 4.72 Å². The second-order valence-corrected chi connectivity index (χ2v) is 6.96. The third-order valence-corrected chi connectivity index (χ3v) is 4.61. The first-order valence-corrected chi connectivity index (χ1v) is 8.05. The maximum absolute atomic E-state index is 12.3. The van der Waals surface area contributed by atoms with Crippen LogP contribution in [-0.2, 0) is 14.8 Å². The predicted molar refractivity (Wildman–Crippen MR) is 78.9 cm³/mol. The Labute approximate surface area is 125 Å². The molecule has 0 bridgehead atoms. The van der Waals surface area contributed by atoms with Gasteiger partial charge in [0.15, 0.2) is 0 Å². The fourth-order valence-electron chi connectivity index (χ4n) is 1.97. The number of hydrogen-bond donors (Lipinski definition) is 2. The summed E-state index contributed by atoms with van der Waals surface area (Å²) in [6, 6.07) is 3.38. The van der Waals surface area contributed by atoms with Gasteiger partial charge in [-0.2, -0.15) is 4.72 Å². The Hall–Kier alpha value is -1.60. The first kappa shape index (κ1) is 17.5. The zero-order valence-corrected chi connectivity index (χ0v) is 13.4. The standard InChI is InChI=1S/C14H21NO5S/c1-9(2)7-12(14(16)17)15-21(18,19)13-6-5-11(20-4)8-10(13)3/h5-6,8-9,12,15H,7H2,1-4H3,(H,16,17)/t12-/m0/s1. The lowest BCUT2D eigenvalue weighted by molar-refractivity contribution is -0.139. The number of aryl methyl sites for hydroxylation is 1. The zero-order chi connectivity index (χ0) is 16.2. The summed E-state index contributed by atoms with van der Waals surface area (Å²) in [7, 11) is -2.40. The van der Waals surface area contributed by atoms with Crippen LogP contribution in [0.1, 0.15) is 25.8 Å². The van der Waals surface area contributed by atoms with Gasteiger partial charge in [-0.05, 0) is 43.0 Å². The maximum atomic E-state index is 12.3. The Morgan fingerprint density at radius 2 is 2.00 bits per heavy atom. The first-order chi connectivity index (χ1) is 9.67. The van der Waals surface area contributed by atoms with E-state index in [-0.39, 0.29) is 17.2 Å². The molecule has 1 aromatic rings. The van der Waals surface area contributed by atoms with Crippen LogP contribution >= 0.6 is 0 Å². The van der Waals surface area contributed by atoms with Crippen LogP contribution in [0.25, 0.3) is 0 Å². The Morgan fingerprint density at radius 1 is 1.38 bits per heavy atom. The van der Waals surface area contributed by atoms with Gasteiger partial charge in [0.05, 0.1) is 12.0 Å². The van der Waals surface area contributed by atoms with Crippen molar-refractivity contribution < 1.29 is 23.1 Å². The summed E-state index contributed by atoms with van der Waals surface area (Å²) in [5, 5.41) is 9.14.